The largest absolute Gasteiger partial charge is 0.478 e. The third-order valence-electron chi connectivity index (χ3n) is 2.34. The highest BCUT2D eigenvalue weighted by atomic mass is 16.4. The van der Waals surface area contributed by atoms with Gasteiger partial charge in [0.1, 0.15) is 0 Å². The number of H-pyrrole nitrogens is 1. The minimum atomic E-state index is -0.910. The molecule has 0 saturated heterocycles. The number of carbonyl (C=O) groups is 1. The van der Waals surface area contributed by atoms with Gasteiger partial charge in [-0.15, -0.1) is 0 Å². The van der Waals surface area contributed by atoms with Crippen molar-refractivity contribution in [3.63, 3.8) is 0 Å². The lowest BCUT2D eigenvalue weighted by atomic mass is 10.1. The van der Waals surface area contributed by atoms with Crippen molar-refractivity contribution in [2.45, 2.75) is 6.42 Å². The summed E-state index contributed by atoms with van der Waals surface area (Å²) in [6.07, 6.45) is 0.775. The minimum absolute atomic E-state index is 0.295. The number of nitrogens with two attached hydrogens (primary N) is 1. The summed E-state index contributed by atoms with van der Waals surface area (Å²) in [7, 11) is 0. The molecule has 0 aliphatic rings. The Hall–Kier alpha value is -1.81. The minimum Gasteiger partial charge on any atom is -0.478 e. The number of rotatable bonds is 3. The number of carboxylic acids is 1. The molecule has 1 heterocycles. The first-order valence-electron chi connectivity index (χ1n) is 4.75. The molecule has 4 nitrogen and oxygen atoms in total. The van der Waals surface area contributed by atoms with E-state index < -0.39 is 5.97 Å². The predicted octanol–water partition coefficient (Wildman–Crippen LogP) is 1.37. The summed E-state index contributed by atoms with van der Waals surface area (Å²) in [6, 6.07) is 7.03. The molecular weight excluding hydrogens is 192 g/mol. The zero-order chi connectivity index (χ0) is 10.8. The highest BCUT2D eigenvalue weighted by molar-refractivity contribution is 5.93. The summed E-state index contributed by atoms with van der Waals surface area (Å²) in [6.45, 7) is 0.582. The number of carboxylic acid groups (broad SMARTS) is 1. The summed E-state index contributed by atoms with van der Waals surface area (Å²) in [4.78, 5) is 13.9. The average Bonchev–Trinajstić information content (AvgIpc) is 2.59. The maximum Gasteiger partial charge on any atom is 0.335 e. The highest BCUT2D eigenvalue weighted by Crippen LogP contribution is 2.17. The second kappa shape index (κ2) is 3.74. The van der Waals surface area contributed by atoms with Gasteiger partial charge in [-0.1, -0.05) is 6.07 Å². The number of aromatic nitrogens is 1. The molecule has 15 heavy (non-hydrogen) atoms. The van der Waals surface area contributed by atoms with Gasteiger partial charge in [-0.3, -0.25) is 0 Å². The van der Waals surface area contributed by atoms with Crippen molar-refractivity contribution >= 4 is 16.9 Å². The maximum absolute atomic E-state index is 10.7. The molecule has 0 amide bonds. The summed E-state index contributed by atoms with van der Waals surface area (Å²) in [5.74, 6) is -0.910. The van der Waals surface area contributed by atoms with Gasteiger partial charge in [0, 0.05) is 11.2 Å². The molecule has 0 aliphatic heterocycles. The van der Waals surface area contributed by atoms with Crippen LogP contribution in [0, 0.1) is 0 Å². The van der Waals surface area contributed by atoms with Crippen LogP contribution in [0.2, 0.25) is 0 Å². The van der Waals surface area contributed by atoms with Crippen LogP contribution in [0.3, 0.4) is 0 Å². The zero-order valence-corrected chi connectivity index (χ0v) is 8.16. The number of benzene rings is 1. The van der Waals surface area contributed by atoms with E-state index in [1.54, 1.807) is 18.2 Å². The molecule has 4 N–H and O–H groups in total. The van der Waals surface area contributed by atoms with Gasteiger partial charge < -0.3 is 15.8 Å². The Labute approximate surface area is 86.7 Å². The van der Waals surface area contributed by atoms with Gasteiger partial charge in [0.15, 0.2) is 0 Å². The summed E-state index contributed by atoms with van der Waals surface area (Å²) in [5.41, 5.74) is 7.62. The average molecular weight is 204 g/mol. The smallest absolute Gasteiger partial charge is 0.335 e. The number of hydrogen-bond donors (Lipinski definition) is 3. The summed E-state index contributed by atoms with van der Waals surface area (Å²) < 4.78 is 0. The molecule has 2 aromatic rings. The Morgan fingerprint density at radius 3 is 2.87 bits per heavy atom. The fraction of sp³-hybridized carbons (Fsp3) is 0.182. The molecule has 2 rings (SSSR count). The Kier molecular flexibility index (Phi) is 2.43. The van der Waals surface area contributed by atoms with Crippen LogP contribution in [0.1, 0.15) is 16.1 Å². The summed E-state index contributed by atoms with van der Waals surface area (Å²) in [5, 5.41) is 9.84. The Bertz CT molecular complexity index is 502. The molecule has 0 saturated carbocycles. The van der Waals surface area contributed by atoms with Crippen molar-refractivity contribution in [2.75, 3.05) is 6.54 Å². The predicted molar refractivity (Wildman–Crippen MR) is 58.0 cm³/mol. The molecule has 78 valence electrons. The molecule has 0 spiro atoms. The van der Waals surface area contributed by atoms with Crippen molar-refractivity contribution in [3.05, 3.63) is 35.5 Å². The van der Waals surface area contributed by atoms with Crippen LogP contribution in [0.15, 0.2) is 24.3 Å². The van der Waals surface area contributed by atoms with E-state index in [1.807, 2.05) is 6.07 Å². The van der Waals surface area contributed by atoms with Gasteiger partial charge in [-0.2, -0.15) is 0 Å². The van der Waals surface area contributed by atoms with Crippen LogP contribution in [-0.2, 0) is 6.42 Å². The monoisotopic (exact) mass is 204 g/mol. The van der Waals surface area contributed by atoms with Crippen LogP contribution in [0.5, 0.6) is 0 Å². The van der Waals surface area contributed by atoms with Gasteiger partial charge in [-0.05, 0) is 36.6 Å². The van der Waals surface area contributed by atoms with Gasteiger partial charge in [0.2, 0.25) is 0 Å². The van der Waals surface area contributed by atoms with Crippen molar-refractivity contribution < 1.29 is 9.90 Å². The van der Waals surface area contributed by atoms with Crippen molar-refractivity contribution in [2.24, 2.45) is 5.73 Å². The quantitative estimate of drug-likeness (QED) is 0.706. The third kappa shape index (κ3) is 1.85. The molecule has 0 fully saturated rings. The standard InChI is InChI=1S/C11H12N2O2/c12-4-3-9-5-7-1-2-8(11(14)15)6-10(7)13-9/h1-2,5-6,13H,3-4,12H2,(H,14,15). The Balaban J connectivity index is 2.47. The molecule has 0 bridgehead atoms. The molecule has 0 radical (unpaired) electrons. The second-order valence-electron chi connectivity index (χ2n) is 3.44. The van der Waals surface area contributed by atoms with Gasteiger partial charge in [0.05, 0.1) is 5.56 Å². The van der Waals surface area contributed by atoms with Gasteiger partial charge in [-0.25, -0.2) is 4.79 Å². The van der Waals surface area contributed by atoms with E-state index in [4.69, 9.17) is 10.8 Å². The first-order chi connectivity index (χ1) is 7.20. The molecule has 0 aliphatic carbocycles. The number of nitrogens with one attached hydrogen (secondary N) is 1. The molecule has 1 aromatic carbocycles. The lowest BCUT2D eigenvalue weighted by molar-refractivity contribution is 0.0697. The number of aromatic carboxylic acids is 1. The second-order valence-corrected chi connectivity index (χ2v) is 3.44. The van der Waals surface area contributed by atoms with Crippen LogP contribution in [0.4, 0.5) is 0 Å². The van der Waals surface area contributed by atoms with Crippen LogP contribution in [-0.4, -0.2) is 22.6 Å². The van der Waals surface area contributed by atoms with Crippen LogP contribution in [0.25, 0.3) is 10.9 Å². The van der Waals surface area contributed by atoms with E-state index in [1.165, 1.54) is 0 Å². The lowest BCUT2D eigenvalue weighted by Crippen LogP contribution is -2.02. The first kappa shape index (κ1) is 9.73. The Morgan fingerprint density at radius 1 is 1.40 bits per heavy atom. The van der Waals surface area contributed by atoms with E-state index in [2.05, 4.69) is 4.98 Å². The Morgan fingerprint density at radius 2 is 2.20 bits per heavy atom. The van der Waals surface area contributed by atoms with E-state index >= 15 is 0 Å². The van der Waals surface area contributed by atoms with E-state index in [9.17, 15) is 4.79 Å². The van der Waals surface area contributed by atoms with Crippen molar-refractivity contribution in [1.82, 2.24) is 4.98 Å². The zero-order valence-electron chi connectivity index (χ0n) is 8.16. The summed E-state index contributed by atoms with van der Waals surface area (Å²) >= 11 is 0. The number of hydrogen-bond acceptors (Lipinski definition) is 2. The lowest BCUT2D eigenvalue weighted by Gasteiger charge is -1.93. The van der Waals surface area contributed by atoms with Crippen molar-refractivity contribution in [1.29, 1.82) is 0 Å². The fourth-order valence-electron chi connectivity index (χ4n) is 1.61. The van der Waals surface area contributed by atoms with Crippen LogP contribution >= 0.6 is 0 Å². The third-order valence-corrected chi connectivity index (χ3v) is 2.34. The fourth-order valence-corrected chi connectivity index (χ4v) is 1.61. The SMILES string of the molecule is NCCc1cc2ccc(C(=O)O)cc2[nH]1. The molecule has 4 heteroatoms. The van der Waals surface area contributed by atoms with Gasteiger partial charge >= 0.3 is 5.97 Å². The number of fused-ring (bicyclic) bond motifs is 1. The normalized spacial score (nSPS) is 10.7. The molecule has 0 unspecified atom stereocenters. The molecular formula is C11H12N2O2. The van der Waals surface area contributed by atoms with Crippen LogP contribution < -0.4 is 5.73 Å². The van der Waals surface area contributed by atoms with E-state index in [-0.39, 0.29) is 0 Å². The maximum atomic E-state index is 10.7. The van der Waals surface area contributed by atoms with E-state index in [0.29, 0.717) is 12.1 Å². The van der Waals surface area contributed by atoms with E-state index in [0.717, 1.165) is 23.0 Å². The topological polar surface area (TPSA) is 79.1 Å². The molecule has 0 atom stereocenters. The number of aromatic amines is 1. The molecule has 1 aromatic heterocycles. The van der Waals surface area contributed by atoms with Gasteiger partial charge in [0.25, 0.3) is 0 Å². The highest BCUT2D eigenvalue weighted by Gasteiger charge is 2.05. The first-order valence-corrected chi connectivity index (χ1v) is 4.75. The van der Waals surface area contributed by atoms with Crippen molar-refractivity contribution in [3.8, 4) is 0 Å².